The van der Waals surface area contributed by atoms with Crippen LogP contribution in [0.2, 0.25) is 0 Å². The third kappa shape index (κ3) is 3.52. The Morgan fingerprint density at radius 1 is 1.39 bits per heavy atom. The van der Waals surface area contributed by atoms with Crippen LogP contribution in [0.5, 0.6) is 0 Å². The van der Waals surface area contributed by atoms with E-state index in [-0.39, 0.29) is 0 Å². The Balaban J connectivity index is 2.13. The van der Waals surface area contributed by atoms with Gasteiger partial charge in [0, 0.05) is 4.47 Å². The van der Waals surface area contributed by atoms with Crippen LogP contribution in [0, 0.1) is 0 Å². The maximum absolute atomic E-state index is 5.64. The molecule has 1 unspecified atom stereocenters. The quantitative estimate of drug-likeness (QED) is 0.880. The lowest BCUT2D eigenvalue weighted by Crippen LogP contribution is -2.09. The van der Waals surface area contributed by atoms with Gasteiger partial charge in [-0.2, -0.15) is 11.8 Å². The van der Waals surface area contributed by atoms with Crippen LogP contribution in [-0.2, 0) is 0 Å². The lowest BCUT2D eigenvalue weighted by molar-refractivity contribution is 0.632. The number of benzene rings is 1. The van der Waals surface area contributed by atoms with Gasteiger partial charge in [0.2, 0.25) is 0 Å². The minimum atomic E-state index is 0.558. The number of halogens is 1. The molecule has 0 radical (unpaired) electrons. The van der Waals surface area contributed by atoms with Crippen molar-refractivity contribution >= 4 is 27.7 Å². The summed E-state index contributed by atoms with van der Waals surface area (Å²) in [5.41, 5.74) is 8.54. The van der Waals surface area contributed by atoms with Crippen molar-refractivity contribution in [1.29, 1.82) is 0 Å². The molecule has 0 aromatic heterocycles. The van der Waals surface area contributed by atoms with Crippen LogP contribution in [0.3, 0.4) is 0 Å². The fraction of sp³-hybridized carbons (Fsp3) is 0.600. The Morgan fingerprint density at radius 3 is 2.72 bits per heavy atom. The summed E-state index contributed by atoms with van der Waals surface area (Å²) < 4.78 is 1.29. The lowest BCUT2D eigenvalue weighted by atomic mass is 9.90. The Labute approximate surface area is 123 Å². The summed E-state index contributed by atoms with van der Waals surface area (Å²) in [6.45, 7) is 3.02. The van der Waals surface area contributed by atoms with E-state index in [2.05, 4.69) is 52.8 Å². The fourth-order valence-corrected chi connectivity index (χ4v) is 4.43. The molecule has 0 spiro atoms. The van der Waals surface area contributed by atoms with E-state index in [0.29, 0.717) is 5.92 Å². The average molecular weight is 328 g/mol. The van der Waals surface area contributed by atoms with Gasteiger partial charge in [-0.1, -0.05) is 35.0 Å². The SMILES string of the molecule is CC(CCN)c1ccc(C2CCSCC2)c(Br)c1. The normalized spacial score (nSPS) is 18.8. The van der Waals surface area contributed by atoms with Gasteiger partial charge in [0.1, 0.15) is 0 Å². The molecule has 2 N–H and O–H groups in total. The largest absolute Gasteiger partial charge is 0.330 e. The molecule has 1 aliphatic rings. The monoisotopic (exact) mass is 327 g/mol. The highest BCUT2D eigenvalue weighted by molar-refractivity contribution is 9.10. The molecule has 1 atom stereocenters. The van der Waals surface area contributed by atoms with E-state index >= 15 is 0 Å². The molecule has 0 aliphatic carbocycles. The van der Waals surface area contributed by atoms with Crippen molar-refractivity contribution < 1.29 is 0 Å². The van der Waals surface area contributed by atoms with E-state index in [0.717, 1.165) is 18.9 Å². The summed E-state index contributed by atoms with van der Waals surface area (Å²) in [4.78, 5) is 0. The van der Waals surface area contributed by atoms with Crippen molar-refractivity contribution in [2.45, 2.75) is 38.0 Å². The van der Waals surface area contributed by atoms with Crippen LogP contribution in [-0.4, -0.2) is 18.1 Å². The number of hydrogen-bond donors (Lipinski definition) is 1. The Bertz CT molecular complexity index is 388. The number of rotatable bonds is 4. The summed E-state index contributed by atoms with van der Waals surface area (Å²) >= 11 is 5.85. The summed E-state index contributed by atoms with van der Waals surface area (Å²) in [5, 5.41) is 0. The third-order valence-electron chi connectivity index (χ3n) is 3.85. The zero-order chi connectivity index (χ0) is 13.0. The first-order valence-electron chi connectivity index (χ1n) is 6.79. The molecule has 0 amide bonds. The van der Waals surface area contributed by atoms with E-state index in [4.69, 9.17) is 5.73 Å². The van der Waals surface area contributed by atoms with Gasteiger partial charge in [-0.3, -0.25) is 0 Å². The number of nitrogens with two attached hydrogens (primary N) is 1. The fourth-order valence-electron chi connectivity index (χ4n) is 2.61. The molecule has 3 heteroatoms. The van der Waals surface area contributed by atoms with Gasteiger partial charge < -0.3 is 5.73 Å². The minimum absolute atomic E-state index is 0.558. The molecule has 1 fully saturated rings. The van der Waals surface area contributed by atoms with Gasteiger partial charge in [0.25, 0.3) is 0 Å². The lowest BCUT2D eigenvalue weighted by Gasteiger charge is -2.23. The zero-order valence-electron chi connectivity index (χ0n) is 11.0. The first-order chi connectivity index (χ1) is 8.72. The van der Waals surface area contributed by atoms with Gasteiger partial charge in [-0.25, -0.2) is 0 Å². The molecule has 0 bridgehead atoms. The van der Waals surface area contributed by atoms with Gasteiger partial charge in [0.15, 0.2) is 0 Å². The first kappa shape index (κ1) is 14.4. The van der Waals surface area contributed by atoms with Crippen LogP contribution >= 0.6 is 27.7 Å². The highest BCUT2D eigenvalue weighted by Gasteiger charge is 2.18. The van der Waals surface area contributed by atoms with Crippen molar-refractivity contribution in [3.8, 4) is 0 Å². The molecule has 1 aromatic carbocycles. The van der Waals surface area contributed by atoms with E-state index in [1.165, 1.54) is 39.9 Å². The zero-order valence-corrected chi connectivity index (χ0v) is 13.4. The standard InChI is InChI=1S/C15H22BrNS/c1-11(4-7-17)13-2-3-14(15(16)10-13)12-5-8-18-9-6-12/h2-3,10-12H,4-9,17H2,1H3. The summed E-state index contributed by atoms with van der Waals surface area (Å²) in [5.74, 6) is 3.92. The van der Waals surface area contributed by atoms with Crippen molar-refractivity contribution in [1.82, 2.24) is 0 Å². The smallest absolute Gasteiger partial charge is 0.0212 e. The highest BCUT2D eigenvalue weighted by Crippen LogP contribution is 2.36. The first-order valence-corrected chi connectivity index (χ1v) is 8.74. The van der Waals surface area contributed by atoms with Gasteiger partial charge in [0.05, 0.1) is 0 Å². The van der Waals surface area contributed by atoms with Crippen LogP contribution in [0.1, 0.15) is 49.1 Å². The summed E-state index contributed by atoms with van der Waals surface area (Å²) in [7, 11) is 0. The van der Waals surface area contributed by atoms with Crippen molar-refractivity contribution in [3.05, 3.63) is 33.8 Å². The molecular formula is C15H22BrNS. The Kier molecular flexibility index (Phi) is 5.58. The maximum atomic E-state index is 5.64. The molecule has 1 aliphatic heterocycles. The Hall–Kier alpha value is 0.01000. The van der Waals surface area contributed by atoms with Gasteiger partial charge in [-0.15, -0.1) is 0 Å². The van der Waals surface area contributed by atoms with E-state index in [1.807, 2.05) is 0 Å². The van der Waals surface area contributed by atoms with Crippen LogP contribution < -0.4 is 5.73 Å². The van der Waals surface area contributed by atoms with Crippen molar-refractivity contribution in [2.75, 3.05) is 18.1 Å². The Morgan fingerprint density at radius 2 is 2.11 bits per heavy atom. The molecule has 18 heavy (non-hydrogen) atoms. The minimum Gasteiger partial charge on any atom is -0.330 e. The van der Waals surface area contributed by atoms with Crippen molar-refractivity contribution in [3.63, 3.8) is 0 Å². The average Bonchev–Trinajstić information content (AvgIpc) is 2.40. The molecule has 2 rings (SSSR count). The van der Waals surface area contributed by atoms with Crippen LogP contribution in [0.25, 0.3) is 0 Å². The van der Waals surface area contributed by atoms with Gasteiger partial charge in [-0.05, 0) is 66.3 Å². The molecule has 0 saturated carbocycles. The van der Waals surface area contributed by atoms with Gasteiger partial charge >= 0.3 is 0 Å². The third-order valence-corrected chi connectivity index (χ3v) is 5.59. The second kappa shape index (κ2) is 6.97. The van der Waals surface area contributed by atoms with Crippen molar-refractivity contribution in [2.24, 2.45) is 5.73 Å². The summed E-state index contributed by atoms with van der Waals surface area (Å²) in [6, 6.07) is 6.92. The maximum Gasteiger partial charge on any atom is 0.0212 e. The van der Waals surface area contributed by atoms with Crippen LogP contribution in [0.4, 0.5) is 0 Å². The van der Waals surface area contributed by atoms with E-state index in [9.17, 15) is 0 Å². The predicted molar refractivity (Wildman–Crippen MR) is 85.5 cm³/mol. The number of hydrogen-bond acceptors (Lipinski definition) is 2. The second-order valence-corrected chi connectivity index (χ2v) is 7.23. The van der Waals surface area contributed by atoms with Crippen LogP contribution in [0.15, 0.2) is 22.7 Å². The number of thioether (sulfide) groups is 1. The molecule has 1 heterocycles. The molecule has 1 saturated heterocycles. The predicted octanol–water partition coefficient (Wildman–Crippen LogP) is 4.51. The molecular weight excluding hydrogens is 306 g/mol. The molecule has 1 aromatic rings. The summed E-state index contributed by atoms with van der Waals surface area (Å²) in [6.07, 6.45) is 3.70. The van der Waals surface area contributed by atoms with E-state index in [1.54, 1.807) is 0 Å². The highest BCUT2D eigenvalue weighted by atomic mass is 79.9. The molecule has 100 valence electrons. The topological polar surface area (TPSA) is 26.0 Å². The molecule has 1 nitrogen and oxygen atoms in total. The second-order valence-electron chi connectivity index (χ2n) is 5.15. The van der Waals surface area contributed by atoms with E-state index < -0.39 is 0 Å².